The number of hydrogen-bond acceptors (Lipinski definition) is 2. The zero-order chi connectivity index (χ0) is 10.4. The Bertz CT molecular complexity index is 449. The molecular weight excluding hydrogens is 181 g/mol. The fraction of sp³-hybridized carbons (Fsp3) is 0.0909. The van der Waals surface area contributed by atoms with Crippen LogP contribution in [0.2, 0.25) is 0 Å². The lowest BCUT2D eigenvalue weighted by atomic mass is 10.1. The van der Waals surface area contributed by atoms with Crippen LogP contribution in [0.4, 0.5) is 4.39 Å². The van der Waals surface area contributed by atoms with E-state index in [1.54, 1.807) is 6.07 Å². The van der Waals surface area contributed by atoms with E-state index in [2.05, 4.69) is 11.8 Å². The Hall–Kier alpha value is -2.13. The highest BCUT2D eigenvalue weighted by Crippen LogP contribution is 2.09. The summed E-state index contributed by atoms with van der Waals surface area (Å²) in [4.78, 5) is 9.92. The number of carbonyl (C=O) groups is 1. The second kappa shape index (κ2) is 4.79. The summed E-state index contributed by atoms with van der Waals surface area (Å²) in [6.45, 7) is 0. The Balaban J connectivity index is 3.01. The van der Waals surface area contributed by atoms with Gasteiger partial charge in [-0.25, -0.2) is 4.39 Å². The van der Waals surface area contributed by atoms with Crippen molar-refractivity contribution in [2.75, 3.05) is 0 Å². The molecule has 0 aliphatic heterocycles. The molecule has 3 heteroatoms. The van der Waals surface area contributed by atoms with Crippen LogP contribution in [-0.2, 0) is 11.2 Å². The molecule has 1 aromatic carbocycles. The summed E-state index contributed by atoms with van der Waals surface area (Å²) >= 11 is 0. The van der Waals surface area contributed by atoms with Crippen LogP contribution in [0.5, 0.6) is 0 Å². The summed E-state index contributed by atoms with van der Waals surface area (Å²) in [5.74, 6) is 4.18. The molecule has 1 rings (SSSR count). The average molecular weight is 187 g/mol. The van der Waals surface area contributed by atoms with Crippen LogP contribution in [-0.4, -0.2) is 6.29 Å². The van der Waals surface area contributed by atoms with Crippen molar-refractivity contribution in [1.29, 1.82) is 5.26 Å². The molecule has 0 N–H and O–H groups in total. The summed E-state index contributed by atoms with van der Waals surface area (Å²) in [6, 6.07) is 6.14. The standard InChI is InChI=1S/C11H6FNO/c12-11-8-9(2-1-7-14)3-4-10(11)5-6-13/h3-4,7-8H,5H2. The SMILES string of the molecule is N#CCc1ccc(C#CC=O)cc1F. The Kier molecular flexibility index (Phi) is 3.41. The van der Waals surface area contributed by atoms with Gasteiger partial charge in [0.2, 0.25) is 0 Å². The number of hydrogen-bond donors (Lipinski definition) is 0. The first kappa shape index (κ1) is 9.95. The summed E-state index contributed by atoms with van der Waals surface area (Å²) < 4.78 is 13.2. The number of nitriles is 1. The molecule has 14 heavy (non-hydrogen) atoms. The number of halogens is 1. The van der Waals surface area contributed by atoms with Gasteiger partial charge in [0.25, 0.3) is 0 Å². The molecule has 0 bridgehead atoms. The maximum Gasteiger partial charge on any atom is 0.193 e. The topological polar surface area (TPSA) is 40.9 Å². The molecule has 0 saturated carbocycles. The van der Waals surface area contributed by atoms with E-state index in [-0.39, 0.29) is 6.42 Å². The molecule has 0 aromatic heterocycles. The molecule has 0 aliphatic carbocycles. The summed E-state index contributed by atoms with van der Waals surface area (Å²) in [6.07, 6.45) is 0.480. The van der Waals surface area contributed by atoms with E-state index in [1.807, 2.05) is 6.07 Å². The van der Waals surface area contributed by atoms with Crippen molar-refractivity contribution in [1.82, 2.24) is 0 Å². The highest BCUT2D eigenvalue weighted by molar-refractivity contribution is 5.73. The quantitative estimate of drug-likeness (QED) is 0.493. The molecule has 0 fully saturated rings. The molecule has 0 saturated heterocycles. The van der Waals surface area contributed by atoms with E-state index in [9.17, 15) is 9.18 Å². The lowest BCUT2D eigenvalue weighted by Crippen LogP contribution is -1.89. The minimum atomic E-state index is -0.468. The zero-order valence-electron chi connectivity index (χ0n) is 7.25. The third kappa shape index (κ3) is 2.43. The molecule has 0 spiro atoms. The Morgan fingerprint density at radius 1 is 1.50 bits per heavy atom. The third-order valence-corrected chi connectivity index (χ3v) is 1.60. The van der Waals surface area contributed by atoms with Crippen LogP contribution in [0, 0.1) is 29.0 Å². The first-order valence-corrected chi connectivity index (χ1v) is 3.88. The van der Waals surface area contributed by atoms with E-state index in [0.29, 0.717) is 17.4 Å². The molecule has 0 aliphatic rings. The predicted octanol–water partition coefficient (Wildman–Crippen LogP) is 1.44. The Morgan fingerprint density at radius 3 is 2.86 bits per heavy atom. The zero-order valence-corrected chi connectivity index (χ0v) is 7.25. The number of carbonyl (C=O) groups excluding carboxylic acids is 1. The lowest BCUT2D eigenvalue weighted by Gasteiger charge is -1.97. The van der Waals surface area contributed by atoms with Crippen molar-refractivity contribution in [2.45, 2.75) is 6.42 Å². The van der Waals surface area contributed by atoms with Crippen molar-refractivity contribution in [3.05, 3.63) is 35.1 Å². The fourth-order valence-electron chi connectivity index (χ4n) is 0.966. The van der Waals surface area contributed by atoms with Crippen LogP contribution in [0.1, 0.15) is 11.1 Å². The van der Waals surface area contributed by atoms with Crippen LogP contribution in [0.15, 0.2) is 18.2 Å². The second-order valence-electron chi connectivity index (χ2n) is 2.53. The van der Waals surface area contributed by atoms with Crippen molar-refractivity contribution in [3.63, 3.8) is 0 Å². The number of aldehydes is 1. The molecular formula is C11H6FNO. The van der Waals surface area contributed by atoms with Gasteiger partial charge in [-0.1, -0.05) is 12.0 Å². The molecule has 0 unspecified atom stereocenters. The normalized spacial score (nSPS) is 8.29. The molecule has 0 heterocycles. The minimum Gasteiger partial charge on any atom is -0.289 e. The smallest absolute Gasteiger partial charge is 0.193 e. The van der Waals surface area contributed by atoms with Crippen molar-refractivity contribution in [3.8, 4) is 17.9 Å². The van der Waals surface area contributed by atoms with Gasteiger partial charge in [0.1, 0.15) is 5.82 Å². The van der Waals surface area contributed by atoms with Gasteiger partial charge < -0.3 is 0 Å². The van der Waals surface area contributed by atoms with E-state index in [4.69, 9.17) is 5.26 Å². The van der Waals surface area contributed by atoms with Crippen molar-refractivity contribution in [2.24, 2.45) is 0 Å². The van der Waals surface area contributed by atoms with Gasteiger partial charge in [0, 0.05) is 11.1 Å². The molecule has 2 nitrogen and oxygen atoms in total. The Morgan fingerprint density at radius 2 is 2.29 bits per heavy atom. The summed E-state index contributed by atoms with van der Waals surface area (Å²) in [5, 5.41) is 8.36. The fourth-order valence-corrected chi connectivity index (χ4v) is 0.966. The lowest BCUT2D eigenvalue weighted by molar-refractivity contribution is -0.103. The van der Waals surface area contributed by atoms with E-state index < -0.39 is 5.82 Å². The van der Waals surface area contributed by atoms with Crippen LogP contribution >= 0.6 is 0 Å². The largest absolute Gasteiger partial charge is 0.289 e. The van der Waals surface area contributed by atoms with Gasteiger partial charge in [-0.15, -0.1) is 0 Å². The number of benzene rings is 1. The molecule has 0 atom stereocenters. The third-order valence-electron chi connectivity index (χ3n) is 1.60. The maximum atomic E-state index is 13.2. The Labute approximate surface area is 81.0 Å². The van der Waals surface area contributed by atoms with Gasteiger partial charge in [-0.3, -0.25) is 4.79 Å². The predicted molar refractivity (Wildman–Crippen MR) is 48.7 cm³/mol. The van der Waals surface area contributed by atoms with E-state index in [0.717, 1.165) is 0 Å². The van der Waals surface area contributed by atoms with Gasteiger partial charge in [0.15, 0.2) is 6.29 Å². The first-order valence-electron chi connectivity index (χ1n) is 3.88. The van der Waals surface area contributed by atoms with Gasteiger partial charge in [0.05, 0.1) is 12.5 Å². The molecule has 0 amide bonds. The van der Waals surface area contributed by atoms with Crippen molar-refractivity contribution >= 4 is 6.29 Å². The molecule has 1 aromatic rings. The van der Waals surface area contributed by atoms with Gasteiger partial charge >= 0.3 is 0 Å². The maximum absolute atomic E-state index is 13.2. The average Bonchev–Trinajstić information content (AvgIpc) is 2.19. The monoisotopic (exact) mass is 187 g/mol. The molecule has 68 valence electrons. The van der Waals surface area contributed by atoms with Crippen LogP contribution in [0.25, 0.3) is 0 Å². The highest BCUT2D eigenvalue weighted by Gasteiger charge is 2.01. The summed E-state index contributed by atoms with van der Waals surface area (Å²) in [5.41, 5.74) is 0.764. The molecule has 0 radical (unpaired) electrons. The van der Waals surface area contributed by atoms with Crippen molar-refractivity contribution < 1.29 is 9.18 Å². The van der Waals surface area contributed by atoms with Crippen LogP contribution in [0.3, 0.4) is 0 Å². The number of nitrogens with zero attached hydrogens (tertiary/aromatic N) is 1. The van der Waals surface area contributed by atoms with E-state index >= 15 is 0 Å². The minimum absolute atomic E-state index is 0.0349. The van der Waals surface area contributed by atoms with Gasteiger partial charge in [-0.05, 0) is 18.1 Å². The van der Waals surface area contributed by atoms with Crippen LogP contribution < -0.4 is 0 Å². The first-order chi connectivity index (χ1) is 6.77. The summed E-state index contributed by atoms with van der Waals surface area (Å²) in [7, 11) is 0. The van der Waals surface area contributed by atoms with Gasteiger partial charge in [-0.2, -0.15) is 5.26 Å². The van der Waals surface area contributed by atoms with E-state index in [1.165, 1.54) is 12.1 Å². The number of rotatable bonds is 1. The highest BCUT2D eigenvalue weighted by atomic mass is 19.1. The second-order valence-corrected chi connectivity index (χ2v) is 2.53.